The molecule has 0 bridgehead atoms. The largest absolute Gasteiger partial charge is 0.306 e. The van der Waals surface area contributed by atoms with Crippen LogP contribution in [0.1, 0.15) is 0 Å². The molecule has 0 saturated carbocycles. The molecule has 2 aromatic rings. The molecule has 1 heterocycles. The molecule has 1 aromatic carbocycles. The second kappa shape index (κ2) is 3.62. The van der Waals surface area contributed by atoms with Gasteiger partial charge in [-0.3, -0.25) is 14.8 Å². The zero-order chi connectivity index (χ0) is 11.7. The van der Waals surface area contributed by atoms with E-state index < -0.39 is 16.4 Å². The van der Waals surface area contributed by atoms with Crippen molar-refractivity contribution in [2.45, 2.75) is 6.54 Å². The highest BCUT2D eigenvalue weighted by atomic mass is 19.1. The van der Waals surface area contributed by atoms with E-state index in [2.05, 4.69) is 11.0 Å². The summed E-state index contributed by atoms with van der Waals surface area (Å²) in [5, 5.41) is 14.9. The van der Waals surface area contributed by atoms with Gasteiger partial charge in [-0.2, -0.15) is 9.49 Å². The van der Waals surface area contributed by atoms with Crippen LogP contribution in [0.4, 0.5) is 10.1 Å². The number of halogens is 1. The van der Waals surface area contributed by atoms with Crippen molar-refractivity contribution in [1.82, 2.24) is 9.78 Å². The van der Waals surface area contributed by atoms with Gasteiger partial charge in [-0.25, -0.2) is 0 Å². The zero-order valence-corrected chi connectivity index (χ0v) is 8.05. The maximum absolute atomic E-state index is 13.2. The summed E-state index contributed by atoms with van der Waals surface area (Å²) in [6.07, 6.45) is 6.54. The summed E-state index contributed by atoms with van der Waals surface area (Å²) in [7, 11) is 0. The molecule has 1 aromatic heterocycles. The van der Waals surface area contributed by atoms with Crippen molar-refractivity contribution in [3.8, 4) is 12.3 Å². The molecule has 5 nitrogen and oxygen atoms in total. The fraction of sp³-hybridized carbons (Fsp3) is 0.100. The van der Waals surface area contributed by atoms with Gasteiger partial charge >= 0.3 is 5.69 Å². The third-order valence-corrected chi connectivity index (χ3v) is 2.15. The number of aromatic nitrogens is 2. The standard InChI is InChI=1S/C10H6FN3O2/c1-2-3-13-9-5-10(14(15)16)8(11)4-7(9)6-12-13/h1,4-6H,3H2. The van der Waals surface area contributed by atoms with Crippen LogP contribution in [0.15, 0.2) is 18.3 Å². The normalized spacial score (nSPS) is 10.2. The molecule has 0 aliphatic heterocycles. The Hall–Kier alpha value is -2.42. The number of hydrogen-bond acceptors (Lipinski definition) is 3. The van der Waals surface area contributed by atoms with E-state index in [0.717, 1.165) is 12.1 Å². The topological polar surface area (TPSA) is 61.0 Å². The fourth-order valence-electron chi connectivity index (χ4n) is 1.44. The lowest BCUT2D eigenvalue weighted by molar-refractivity contribution is -0.387. The predicted octanol–water partition coefficient (Wildman–Crippen LogP) is 1.72. The molecule has 0 amide bonds. The molecule has 0 atom stereocenters. The maximum atomic E-state index is 13.2. The highest BCUT2D eigenvalue weighted by Gasteiger charge is 2.17. The summed E-state index contributed by atoms with van der Waals surface area (Å²) < 4.78 is 14.7. The molecule has 0 radical (unpaired) electrons. The Labute approximate surface area is 89.6 Å². The first-order chi connectivity index (χ1) is 7.63. The van der Waals surface area contributed by atoms with E-state index >= 15 is 0 Å². The fourth-order valence-corrected chi connectivity index (χ4v) is 1.44. The molecule has 0 aliphatic carbocycles. The van der Waals surface area contributed by atoms with E-state index in [4.69, 9.17) is 6.42 Å². The van der Waals surface area contributed by atoms with Gasteiger partial charge in [0.05, 0.1) is 16.6 Å². The third-order valence-electron chi connectivity index (χ3n) is 2.15. The second-order valence-corrected chi connectivity index (χ2v) is 3.13. The monoisotopic (exact) mass is 219 g/mol. The van der Waals surface area contributed by atoms with Crippen molar-refractivity contribution >= 4 is 16.6 Å². The van der Waals surface area contributed by atoms with Crippen LogP contribution in [-0.4, -0.2) is 14.7 Å². The van der Waals surface area contributed by atoms with E-state index in [1.807, 2.05) is 0 Å². The lowest BCUT2D eigenvalue weighted by Crippen LogP contribution is -1.98. The van der Waals surface area contributed by atoms with E-state index in [9.17, 15) is 14.5 Å². The van der Waals surface area contributed by atoms with Gasteiger partial charge in [-0.15, -0.1) is 6.42 Å². The number of rotatable bonds is 2. The number of nitro groups is 1. The van der Waals surface area contributed by atoms with Crippen molar-refractivity contribution in [3.05, 3.63) is 34.3 Å². The average molecular weight is 219 g/mol. The molecule has 0 saturated heterocycles. The third kappa shape index (κ3) is 1.48. The van der Waals surface area contributed by atoms with Crippen molar-refractivity contribution in [2.24, 2.45) is 0 Å². The van der Waals surface area contributed by atoms with Crippen LogP contribution in [0.25, 0.3) is 10.9 Å². The van der Waals surface area contributed by atoms with Crippen molar-refractivity contribution in [3.63, 3.8) is 0 Å². The van der Waals surface area contributed by atoms with E-state index in [1.165, 1.54) is 10.9 Å². The van der Waals surface area contributed by atoms with Gasteiger partial charge in [0.15, 0.2) is 0 Å². The van der Waals surface area contributed by atoms with Crippen LogP contribution in [0, 0.1) is 28.3 Å². The molecule has 80 valence electrons. The molecule has 0 unspecified atom stereocenters. The minimum absolute atomic E-state index is 0.187. The van der Waals surface area contributed by atoms with Crippen molar-refractivity contribution < 1.29 is 9.31 Å². The second-order valence-electron chi connectivity index (χ2n) is 3.13. The Morgan fingerprint density at radius 2 is 2.38 bits per heavy atom. The van der Waals surface area contributed by atoms with Gasteiger partial charge in [-0.1, -0.05) is 5.92 Å². The van der Waals surface area contributed by atoms with Crippen LogP contribution < -0.4 is 0 Å². The van der Waals surface area contributed by atoms with Crippen LogP contribution >= 0.6 is 0 Å². The molecule has 16 heavy (non-hydrogen) atoms. The molecule has 6 heteroatoms. The van der Waals surface area contributed by atoms with Crippen LogP contribution in [0.2, 0.25) is 0 Å². The Morgan fingerprint density at radius 3 is 3.00 bits per heavy atom. The zero-order valence-electron chi connectivity index (χ0n) is 8.05. The van der Waals surface area contributed by atoms with Crippen molar-refractivity contribution in [2.75, 3.05) is 0 Å². The summed E-state index contributed by atoms with van der Waals surface area (Å²) in [5.41, 5.74) is -0.127. The lowest BCUT2D eigenvalue weighted by atomic mass is 10.2. The van der Waals surface area contributed by atoms with E-state index in [1.54, 1.807) is 0 Å². The summed E-state index contributed by atoms with van der Waals surface area (Å²) in [6.45, 7) is 0.187. The molecule has 0 N–H and O–H groups in total. The van der Waals surface area contributed by atoms with Gasteiger partial charge in [0.1, 0.15) is 6.54 Å². The quantitative estimate of drug-likeness (QED) is 0.439. The molecular formula is C10H6FN3O2. The Morgan fingerprint density at radius 1 is 1.62 bits per heavy atom. The van der Waals surface area contributed by atoms with Gasteiger partial charge in [0.2, 0.25) is 5.82 Å². The number of hydrogen-bond donors (Lipinski definition) is 0. The average Bonchev–Trinajstić information content (AvgIpc) is 2.60. The molecule has 0 fully saturated rings. The summed E-state index contributed by atoms with van der Waals surface area (Å²) in [4.78, 5) is 9.78. The maximum Gasteiger partial charge on any atom is 0.306 e. The Kier molecular flexibility index (Phi) is 2.29. The minimum Gasteiger partial charge on any atom is -0.258 e. The molecule has 0 spiro atoms. The number of nitro benzene ring substituents is 1. The van der Waals surface area contributed by atoms with Crippen LogP contribution in [0.3, 0.4) is 0 Å². The first-order valence-corrected chi connectivity index (χ1v) is 4.36. The summed E-state index contributed by atoms with van der Waals surface area (Å²) >= 11 is 0. The highest BCUT2D eigenvalue weighted by Crippen LogP contribution is 2.24. The molecule has 2 rings (SSSR count). The molecule has 0 aliphatic rings. The first kappa shape index (κ1) is 10.1. The van der Waals surface area contributed by atoms with Gasteiger partial charge in [-0.05, 0) is 6.07 Å². The van der Waals surface area contributed by atoms with Gasteiger partial charge in [0.25, 0.3) is 0 Å². The Balaban J connectivity index is 2.70. The SMILES string of the molecule is C#CCn1ncc2cc(F)c([N+](=O)[O-])cc21. The number of terminal acetylenes is 1. The lowest BCUT2D eigenvalue weighted by Gasteiger charge is -1.98. The van der Waals surface area contributed by atoms with Crippen LogP contribution in [-0.2, 0) is 6.54 Å². The Bertz CT molecular complexity index is 612. The van der Waals surface area contributed by atoms with E-state index in [-0.39, 0.29) is 6.54 Å². The number of nitrogens with zero attached hydrogens (tertiary/aromatic N) is 3. The van der Waals surface area contributed by atoms with Crippen molar-refractivity contribution in [1.29, 1.82) is 0 Å². The minimum atomic E-state index is -0.877. The van der Waals surface area contributed by atoms with Crippen LogP contribution in [0.5, 0.6) is 0 Å². The first-order valence-electron chi connectivity index (χ1n) is 4.36. The number of fused-ring (bicyclic) bond motifs is 1. The van der Waals surface area contributed by atoms with E-state index in [0.29, 0.717) is 10.9 Å². The highest BCUT2D eigenvalue weighted by molar-refractivity contribution is 5.81. The predicted molar refractivity (Wildman–Crippen MR) is 55.2 cm³/mol. The molecular weight excluding hydrogens is 213 g/mol. The summed E-state index contributed by atoms with van der Waals surface area (Å²) in [5.74, 6) is 1.49. The smallest absolute Gasteiger partial charge is 0.258 e. The van der Waals surface area contributed by atoms with Gasteiger partial charge in [0, 0.05) is 11.5 Å². The summed E-state index contributed by atoms with van der Waals surface area (Å²) in [6, 6.07) is 2.21. The number of benzene rings is 1. The van der Waals surface area contributed by atoms with Gasteiger partial charge < -0.3 is 0 Å².